The third kappa shape index (κ3) is 4.82. The second-order valence-electron chi connectivity index (χ2n) is 7.55. The fraction of sp³-hybridized carbons (Fsp3) is 0.0455. The molecule has 0 saturated carbocycles. The summed E-state index contributed by atoms with van der Waals surface area (Å²) in [5.41, 5.74) is 9.96. The highest BCUT2D eigenvalue weighted by atomic mass is 32.2. The molecule has 0 aromatic heterocycles. The Hall–Kier alpha value is -4.14. The van der Waals surface area contributed by atoms with Crippen LogP contribution in [0.15, 0.2) is 71.4 Å². The number of hydrazine groups is 3. The predicted molar refractivity (Wildman–Crippen MR) is 121 cm³/mol. The van der Waals surface area contributed by atoms with Crippen molar-refractivity contribution in [2.75, 3.05) is 5.43 Å². The van der Waals surface area contributed by atoms with Gasteiger partial charge in [0.1, 0.15) is 29.0 Å². The van der Waals surface area contributed by atoms with E-state index >= 15 is 0 Å². The highest BCUT2D eigenvalue weighted by molar-refractivity contribution is 7.89. The van der Waals surface area contributed by atoms with E-state index in [4.69, 9.17) is 10.9 Å². The zero-order chi connectivity index (χ0) is 26.2. The fourth-order valence-corrected chi connectivity index (χ4v) is 3.95. The molecule has 9 nitrogen and oxygen atoms in total. The van der Waals surface area contributed by atoms with Gasteiger partial charge in [-0.2, -0.15) is 5.12 Å². The molecule has 14 heteroatoms. The Kier molecular flexibility index (Phi) is 6.58. The Morgan fingerprint density at radius 1 is 0.889 bits per heavy atom. The summed E-state index contributed by atoms with van der Waals surface area (Å²) in [4.78, 5) is 12.7. The standard InChI is InChI=1S/C22H18F4N6O3S/c23-15-3-1-4-16(24)14(15)11-19(33)31-22(27)21(20-17(25)5-2-6-18(20)26)32(30-31)29-12-7-9-13(10-8-12)36(28,34)35/h1-10,29-30H,11,27H2,(H2,28,34,35). The number of rotatable bonds is 6. The number of carbonyl (C=O) groups excluding carboxylic acids is 1. The summed E-state index contributed by atoms with van der Waals surface area (Å²) >= 11 is 0. The van der Waals surface area contributed by atoms with Crippen molar-refractivity contribution >= 4 is 27.3 Å². The molecule has 4 rings (SSSR count). The summed E-state index contributed by atoms with van der Waals surface area (Å²) in [5, 5.41) is 6.65. The average molecular weight is 522 g/mol. The number of anilines is 1. The maximum atomic E-state index is 14.7. The number of benzene rings is 3. The first-order valence-electron chi connectivity index (χ1n) is 10.1. The van der Waals surface area contributed by atoms with Gasteiger partial charge in [0.15, 0.2) is 5.82 Å². The second kappa shape index (κ2) is 9.49. The monoisotopic (exact) mass is 522 g/mol. The van der Waals surface area contributed by atoms with E-state index in [0.717, 1.165) is 41.5 Å². The van der Waals surface area contributed by atoms with Gasteiger partial charge in [-0.3, -0.25) is 10.2 Å². The van der Waals surface area contributed by atoms with Crippen LogP contribution < -0.4 is 21.8 Å². The Balaban J connectivity index is 1.71. The highest BCUT2D eigenvalue weighted by Crippen LogP contribution is 2.31. The molecule has 0 aliphatic carbocycles. The van der Waals surface area contributed by atoms with E-state index in [0.29, 0.717) is 5.01 Å². The SMILES string of the molecule is NC1=C(c2c(F)cccc2F)N(Nc2ccc(S(N)(=O)=O)cc2)NN1C(=O)Cc1c(F)cccc1F. The molecule has 0 spiro atoms. The molecule has 3 aromatic carbocycles. The summed E-state index contributed by atoms with van der Waals surface area (Å²) in [6.07, 6.45) is -0.768. The molecule has 0 unspecified atom stereocenters. The third-order valence-electron chi connectivity index (χ3n) is 5.17. The Labute approximate surface area is 202 Å². The molecular weight excluding hydrogens is 504 g/mol. The minimum atomic E-state index is -3.98. The van der Waals surface area contributed by atoms with Gasteiger partial charge in [-0.1, -0.05) is 12.1 Å². The number of halogens is 4. The largest absolute Gasteiger partial charge is 0.382 e. The van der Waals surface area contributed by atoms with E-state index in [1.807, 2.05) is 0 Å². The van der Waals surface area contributed by atoms with E-state index in [1.165, 1.54) is 24.3 Å². The zero-order valence-corrected chi connectivity index (χ0v) is 19.0. The lowest BCUT2D eigenvalue weighted by molar-refractivity contribution is -0.133. The molecule has 0 fully saturated rings. The van der Waals surface area contributed by atoms with Crippen molar-refractivity contribution in [1.29, 1.82) is 0 Å². The van der Waals surface area contributed by atoms with E-state index in [1.54, 1.807) is 0 Å². The molecule has 0 bridgehead atoms. The van der Waals surface area contributed by atoms with Crippen molar-refractivity contribution in [3.8, 4) is 0 Å². The number of hydrogen-bond donors (Lipinski definition) is 4. The number of amides is 1. The Morgan fingerprint density at radius 3 is 1.94 bits per heavy atom. The van der Waals surface area contributed by atoms with Crippen molar-refractivity contribution in [2.45, 2.75) is 11.3 Å². The molecule has 1 aliphatic heterocycles. The van der Waals surface area contributed by atoms with Crippen LogP contribution in [0.1, 0.15) is 11.1 Å². The van der Waals surface area contributed by atoms with Crippen LogP contribution in [0, 0.1) is 23.3 Å². The van der Waals surface area contributed by atoms with E-state index in [-0.39, 0.29) is 16.3 Å². The predicted octanol–water partition coefficient (Wildman–Crippen LogP) is 2.31. The molecule has 1 amide bonds. The van der Waals surface area contributed by atoms with Crippen LogP contribution in [0.2, 0.25) is 0 Å². The molecule has 3 aromatic rings. The highest BCUT2D eigenvalue weighted by Gasteiger charge is 2.36. The Bertz CT molecular complexity index is 1440. The smallest absolute Gasteiger partial charge is 0.248 e. The molecule has 36 heavy (non-hydrogen) atoms. The normalized spacial score (nSPS) is 13.9. The van der Waals surface area contributed by atoms with Gasteiger partial charge in [0.25, 0.3) is 0 Å². The molecule has 1 aliphatic rings. The summed E-state index contributed by atoms with van der Waals surface area (Å²) in [6.45, 7) is 0. The summed E-state index contributed by atoms with van der Waals surface area (Å²) < 4.78 is 80.4. The fourth-order valence-electron chi connectivity index (χ4n) is 3.44. The van der Waals surface area contributed by atoms with Crippen LogP contribution in [-0.4, -0.2) is 24.5 Å². The number of nitrogens with two attached hydrogens (primary N) is 2. The third-order valence-corrected chi connectivity index (χ3v) is 6.10. The van der Waals surface area contributed by atoms with Crippen molar-refractivity contribution in [3.63, 3.8) is 0 Å². The van der Waals surface area contributed by atoms with Gasteiger partial charge >= 0.3 is 0 Å². The van der Waals surface area contributed by atoms with Crippen molar-refractivity contribution in [2.24, 2.45) is 10.9 Å². The minimum Gasteiger partial charge on any atom is -0.382 e. The van der Waals surface area contributed by atoms with Crippen LogP contribution >= 0.6 is 0 Å². The lowest BCUT2D eigenvalue weighted by Crippen LogP contribution is -2.48. The number of sulfonamides is 1. The number of primary sulfonamides is 1. The Morgan fingerprint density at radius 2 is 1.42 bits per heavy atom. The van der Waals surface area contributed by atoms with Gasteiger partial charge in [-0.05, 0) is 48.5 Å². The molecular formula is C22H18F4N6O3S. The first-order valence-corrected chi connectivity index (χ1v) is 11.7. The molecule has 188 valence electrons. The quantitative estimate of drug-likeness (QED) is 0.365. The van der Waals surface area contributed by atoms with Gasteiger partial charge in [0.2, 0.25) is 15.9 Å². The molecule has 0 saturated heterocycles. The van der Waals surface area contributed by atoms with Crippen molar-refractivity contribution in [1.82, 2.24) is 15.7 Å². The number of nitrogens with one attached hydrogen (secondary N) is 2. The topological polar surface area (TPSA) is 134 Å². The van der Waals surface area contributed by atoms with Crippen LogP contribution in [-0.2, 0) is 21.2 Å². The maximum absolute atomic E-state index is 14.7. The molecule has 6 N–H and O–H groups in total. The average Bonchev–Trinajstić information content (AvgIpc) is 3.12. The van der Waals surface area contributed by atoms with Gasteiger partial charge in [-0.25, -0.2) is 36.1 Å². The lowest BCUT2D eigenvalue weighted by Gasteiger charge is -2.25. The first kappa shape index (κ1) is 25.0. The summed E-state index contributed by atoms with van der Waals surface area (Å²) in [5.74, 6) is -5.37. The van der Waals surface area contributed by atoms with Crippen LogP contribution in [0.25, 0.3) is 5.70 Å². The molecule has 1 heterocycles. The summed E-state index contributed by atoms with van der Waals surface area (Å²) in [6, 6.07) is 11.1. The van der Waals surface area contributed by atoms with E-state index < -0.39 is 62.6 Å². The van der Waals surface area contributed by atoms with Gasteiger partial charge in [0.05, 0.1) is 22.6 Å². The van der Waals surface area contributed by atoms with Crippen LogP contribution in [0.5, 0.6) is 0 Å². The van der Waals surface area contributed by atoms with Gasteiger partial charge in [0, 0.05) is 5.56 Å². The van der Waals surface area contributed by atoms with Crippen molar-refractivity contribution < 1.29 is 30.8 Å². The maximum Gasteiger partial charge on any atom is 0.248 e. The van der Waals surface area contributed by atoms with Gasteiger partial charge < -0.3 is 5.73 Å². The van der Waals surface area contributed by atoms with E-state index in [9.17, 15) is 30.8 Å². The van der Waals surface area contributed by atoms with Gasteiger partial charge in [-0.15, -0.1) is 5.53 Å². The number of carbonyl (C=O) groups is 1. The first-order chi connectivity index (χ1) is 17.0. The summed E-state index contributed by atoms with van der Waals surface area (Å²) in [7, 11) is -3.98. The molecule has 0 radical (unpaired) electrons. The number of hydrogen-bond acceptors (Lipinski definition) is 7. The minimum absolute atomic E-state index is 0.193. The zero-order valence-electron chi connectivity index (χ0n) is 18.2. The van der Waals surface area contributed by atoms with Crippen LogP contribution in [0.3, 0.4) is 0 Å². The molecule has 0 atom stereocenters. The van der Waals surface area contributed by atoms with E-state index in [2.05, 4.69) is 11.0 Å². The van der Waals surface area contributed by atoms with Crippen LogP contribution in [0.4, 0.5) is 23.2 Å². The van der Waals surface area contributed by atoms with Crippen molar-refractivity contribution in [3.05, 3.63) is 101 Å². The second-order valence-corrected chi connectivity index (χ2v) is 9.11. The lowest BCUT2D eigenvalue weighted by atomic mass is 10.1. The number of nitrogens with zero attached hydrogens (tertiary/aromatic N) is 2.